The van der Waals surface area contributed by atoms with E-state index in [1.165, 1.54) is 22.3 Å². The van der Waals surface area contributed by atoms with Gasteiger partial charge in [0.1, 0.15) is 31.6 Å². The van der Waals surface area contributed by atoms with Crippen molar-refractivity contribution in [1.29, 1.82) is 0 Å². The third-order valence-electron chi connectivity index (χ3n) is 9.56. The lowest BCUT2D eigenvalue weighted by molar-refractivity contribution is -0.141. The van der Waals surface area contributed by atoms with Gasteiger partial charge in [-0.3, -0.25) is 14.4 Å². The number of hydrogen-bond acceptors (Lipinski definition) is 7. The first-order valence-electron chi connectivity index (χ1n) is 19.1. The molecule has 1 N–H and O–H groups in total. The third-order valence-corrected chi connectivity index (χ3v) is 9.56. The van der Waals surface area contributed by atoms with Gasteiger partial charge in [-0.25, -0.2) is 0 Å². The average molecular weight is 742 g/mol. The van der Waals surface area contributed by atoms with Crippen molar-refractivity contribution >= 4 is 28.9 Å². The molecule has 0 spiro atoms. The Bertz CT molecular complexity index is 1640. The molecule has 1 aliphatic heterocycles. The van der Waals surface area contributed by atoms with Gasteiger partial charge >= 0.3 is 0 Å². The summed E-state index contributed by atoms with van der Waals surface area (Å²) in [4.78, 5) is 41.7. The second kappa shape index (κ2) is 21.4. The minimum Gasteiger partial charge on any atom is -0.492 e. The van der Waals surface area contributed by atoms with Gasteiger partial charge < -0.3 is 34.1 Å². The molecule has 54 heavy (non-hydrogen) atoms. The van der Waals surface area contributed by atoms with E-state index in [-0.39, 0.29) is 63.4 Å². The van der Waals surface area contributed by atoms with Gasteiger partial charge in [0.05, 0.1) is 33.0 Å². The SMILES string of the molecule is CC/C(=C(\c1ccccc1)c1ccc(OCCN(C)C(=O)COCCOCCOCC(=O)NC(C(=O)N2CCCC2C)C(C)(C)C)cc1)c1ccccc1. The molecule has 2 atom stereocenters. The van der Waals surface area contributed by atoms with Gasteiger partial charge in [0.25, 0.3) is 0 Å². The number of rotatable bonds is 20. The zero-order chi connectivity index (χ0) is 38.9. The molecule has 0 saturated carbocycles. The first-order valence-corrected chi connectivity index (χ1v) is 19.1. The van der Waals surface area contributed by atoms with Gasteiger partial charge in [0, 0.05) is 19.6 Å². The van der Waals surface area contributed by atoms with Crippen molar-refractivity contribution in [2.24, 2.45) is 5.41 Å². The fourth-order valence-corrected chi connectivity index (χ4v) is 6.48. The third kappa shape index (κ3) is 12.8. The summed E-state index contributed by atoms with van der Waals surface area (Å²) in [7, 11) is 1.72. The van der Waals surface area contributed by atoms with Crippen LogP contribution in [0.5, 0.6) is 5.75 Å². The van der Waals surface area contributed by atoms with Crippen molar-refractivity contribution in [3.8, 4) is 5.75 Å². The molecule has 0 radical (unpaired) electrons. The van der Waals surface area contributed by atoms with Crippen molar-refractivity contribution in [2.75, 3.05) is 66.4 Å². The predicted octanol–water partition coefficient (Wildman–Crippen LogP) is 6.48. The molecule has 0 aromatic heterocycles. The zero-order valence-corrected chi connectivity index (χ0v) is 33.0. The smallest absolute Gasteiger partial charge is 0.248 e. The molecule has 2 unspecified atom stereocenters. The molecule has 4 rings (SSSR count). The van der Waals surface area contributed by atoms with Crippen molar-refractivity contribution in [3.05, 3.63) is 102 Å². The molecule has 10 heteroatoms. The number of carbonyl (C=O) groups excluding carboxylic acids is 3. The van der Waals surface area contributed by atoms with E-state index in [1.54, 1.807) is 11.9 Å². The van der Waals surface area contributed by atoms with Crippen molar-refractivity contribution in [3.63, 3.8) is 0 Å². The molecule has 3 aromatic rings. The maximum atomic E-state index is 13.1. The Morgan fingerprint density at radius 3 is 1.94 bits per heavy atom. The topological polar surface area (TPSA) is 107 Å². The molecule has 1 fully saturated rings. The minimum atomic E-state index is -0.619. The van der Waals surface area contributed by atoms with E-state index in [2.05, 4.69) is 72.9 Å². The Kier molecular flexibility index (Phi) is 16.7. The minimum absolute atomic E-state index is 0.0420. The quantitative estimate of drug-likeness (QED) is 0.104. The fourth-order valence-electron chi connectivity index (χ4n) is 6.48. The van der Waals surface area contributed by atoms with Gasteiger partial charge in [-0.2, -0.15) is 0 Å². The lowest BCUT2D eigenvalue weighted by atomic mass is 9.85. The molecule has 1 heterocycles. The predicted molar refractivity (Wildman–Crippen MR) is 213 cm³/mol. The van der Waals surface area contributed by atoms with E-state index in [0.717, 1.165) is 37.1 Å². The van der Waals surface area contributed by atoms with E-state index in [4.69, 9.17) is 18.9 Å². The summed E-state index contributed by atoms with van der Waals surface area (Å²) < 4.78 is 22.5. The summed E-state index contributed by atoms with van der Waals surface area (Å²) in [5.41, 5.74) is 5.54. The summed E-state index contributed by atoms with van der Waals surface area (Å²) in [6.45, 7) is 12.3. The molecule has 3 amide bonds. The maximum Gasteiger partial charge on any atom is 0.248 e. The lowest BCUT2D eigenvalue weighted by Gasteiger charge is -2.35. The number of ether oxygens (including phenoxy) is 4. The van der Waals surface area contributed by atoms with Crippen LogP contribution >= 0.6 is 0 Å². The first-order chi connectivity index (χ1) is 26.0. The van der Waals surface area contributed by atoms with Crippen LogP contribution in [0.15, 0.2) is 84.9 Å². The van der Waals surface area contributed by atoms with Crippen LogP contribution in [0.1, 0.15) is 70.6 Å². The normalized spacial score (nSPS) is 15.4. The summed E-state index contributed by atoms with van der Waals surface area (Å²) >= 11 is 0. The van der Waals surface area contributed by atoms with Gasteiger partial charge in [0.2, 0.25) is 17.7 Å². The molecular formula is C44H59N3O7. The Morgan fingerprint density at radius 2 is 1.37 bits per heavy atom. The second-order valence-electron chi connectivity index (χ2n) is 14.7. The van der Waals surface area contributed by atoms with Crippen LogP contribution < -0.4 is 10.1 Å². The van der Waals surface area contributed by atoms with Crippen LogP contribution in [0.25, 0.3) is 11.1 Å². The molecular weight excluding hydrogens is 682 g/mol. The highest BCUT2D eigenvalue weighted by atomic mass is 16.5. The number of nitrogens with zero attached hydrogens (tertiary/aromatic N) is 2. The molecule has 10 nitrogen and oxygen atoms in total. The number of likely N-dealkylation sites (N-methyl/N-ethyl adjacent to an activating group) is 1. The van der Waals surface area contributed by atoms with Crippen LogP contribution in [-0.4, -0.2) is 106 Å². The molecule has 3 aromatic carbocycles. The number of benzene rings is 3. The standard InChI is InChI=1S/C44H59N3O7/c1-7-38(34-16-10-8-11-17-34)41(35-18-12-9-13-19-35)36-20-22-37(23-21-36)54-26-25-46(6)40(49)32-53-30-28-51-27-29-52-31-39(48)45-42(44(3,4)5)43(50)47-24-14-15-33(47)2/h8-13,16-23,33,42H,7,14-15,24-32H2,1-6H3,(H,45,48)/b41-38-. The Morgan fingerprint density at radius 1 is 0.796 bits per heavy atom. The number of amides is 3. The Balaban J connectivity index is 1.10. The van der Waals surface area contributed by atoms with Crippen LogP contribution in [-0.2, 0) is 28.6 Å². The van der Waals surface area contributed by atoms with Gasteiger partial charge in [0.15, 0.2) is 0 Å². The first kappa shape index (κ1) is 42.2. The summed E-state index contributed by atoms with van der Waals surface area (Å²) in [6.07, 6.45) is 2.86. The van der Waals surface area contributed by atoms with Crippen molar-refractivity contribution in [1.82, 2.24) is 15.1 Å². The number of likely N-dealkylation sites (tertiary alicyclic amines) is 1. The van der Waals surface area contributed by atoms with E-state index in [0.29, 0.717) is 13.2 Å². The van der Waals surface area contributed by atoms with Gasteiger partial charge in [-0.1, -0.05) is 100 Å². The van der Waals surface area contributed by atoms with Crippen molar-refractivity contribution in [2.45, 2.75) is 66.0 Å². The Hall–Kier alpha value is -4.51. The highest BCUT2D eigenvalue weighted by Gasteiger charge is 2.38. The number of allylic oxidation sites excluding steroid dienone is 1. The number of carbonyl (C=O) groups is 3. The van der Waals surface area contributed by atoms with E-state index >= 15 is 0 Å². The van der Waals surface area contributed by atoms with Gasteiger partial charge in [-0.05, 0) is 71.6 Å². The number of nitrogens with one attached hydrogen (secondary N) is 1. The summed E-state index contributed by atoms with van der Waals surface area (Å²) in [5, 5.41) is 2.87. The maximum absolute atomic E-state index is 13.1. The summed E-state index contributed by atoms with van der Waals surface area (Å²) in [5.74, 6) is 0.207. The van der Waals surface area contributed by atoms with Gasteiger partial charge in [-0.15, -0.1) is 0 Å². The van der Waals surface area contributed by atoms with E-state index in [9.17, 15) is 14.4 Å². The van der Waals surface area contributed by atoms with Crippen LogP contribution in [0, 0.1) is 5.41 Å². The van der Waals surface area contributed by atoms with Crippen LogP contribution in [0.2, 0.25) is 0 Å². The van der Waals surface area contributed by atoms with Crippen LogP contribution in [0.3, 0.4) is 0 Å². The largest absolute Gasteiger partial charge is 0.492 e. The van der Waals surface area contributed by atoms with Crippen LogP contribution in [0.4, 0.5) is 0 Å². The Labute approximate surface area is 321 Å². The number of hydrogen-bond donors (Lipinski definition) is 1. The molecule has 0 bridgehead atoms. The highest BCUT2D eigenvalue weighted by Crippen LogP contribution is 2.35. The summed E-state index contributed by atoms with van der Waals surface area (Å²) in [6, 6.07) is 28.6. The fraction of sp³-hybridized carbons (Fsp3) is 0.477. The van der Waals surface area contributed by atoms with E-state index < -0.39 is 11.5 Å². The second-order valence-corrected chi connectivity index (χ2v) is 14.7. The molecule has 1 aliphatic rings. The average Bonchev–Trinajstić information content (AvgIpc) is 3.61. The highest BCUT2D eigenvalue weighted by molar-refractivity contribution is 5.98. The van der Waals surface area contributed by atoms with Crippen molar-refractivity contribution < 1.29 is 33.3 Å². The van der Waals surface area contributed by atoms with E-state index in [1.807, 2.05) is 56.9 Å². The molecule has 1 saturated heterocycles. The molecule has 0 aliphatic carbocycles. The monoisotopic (exact) mass is 741 g/mol. The lowest BCUT2D eigenvalue weighted by Crippen LogP contribution is -2.56. The molecule has 292 valence electrons. The zero-order valence-electron chi connectivity index (χ0n) is 33.0.